The van der Waals surface area contributed by atoms with Crippen LogP contribution in [0.3, 0.4) is 0 Å². The summed E-state index contributed by atoms with van der Waals surface area (Å²) in [6.45, 7) is 4.77. The lowest BCUT2D eigenvalue weighted by molar-refractivity contribution is 0.180. The van der Waals surface area contributed by atoms with E-state index in [2.05, 4.69) is 20.8 Å². The summed E-state index contributed by atoms with van der Waals surface area (Å²) in [5.41, 5.74) is 0.804. The van der Waals surface area contributed by atoms with E-state index in [0.717, 1.165) is 23.1 Å². The number of rotatable bonds is 3. The van der Waals surface area contributed by atoms with Crippen LogP contribution in [0.1, 0.15) is 18.4 Å². The van der Waals surface area contributed by atoms with Gasteiger partial charge < -0.3 is 0 Å². The van der Waals surface area contributed by atoms with Gasteiger partial charge >= 0.3 is 0 Å². The van der Waals surface area contributed by atoms with Gasteiger partial charge in [0, 0.05) is 36.7 Å². The molecule has 110 valence electrons. The van der Waals surface area contributed by atoms with E-state index in [-0.39, 0.29) is 0 Å². The molecule has 1 saturated carbocycles. The van der Waals surface area contributed by atoms with Crippen LogP contribution in [0.15, 0.2) is 27.6 Å². The third-order valence-electron chi connectivity index (χ3n) is 4.10. The zero-order valence-electron chi connectivity index (χ0n) is 11.5. The lowest BCUT2D eigenvalue weighted by atomic mass is 10.2. The van der Waals surface area contributed by atoms with E-state index in [4.69, 9.17) is 0 Å². The molecule has 1 saturated heterocycles. The number of nitrogens with zero attached hydrogens (tertiary/aromatic N) is 2. The van der Waals surface area contributed by atoms with Gasteiger partial charge in [-0.3, -0.25) is 4.90 Å². The van der Waals surface area contributed by atoms with E-state index in [1.165, 1.54) is 12.8 Å². The molecule has 0 unspecified atom stereocenters. The minimum Gasteiger partial charge on any atom is -0.298 e. The van der Waals surface area contributed by atoms with Gasteiger partial charge in [0.05, 0.1) is 4.90 Å². The third kappa shape index (κ3) is 2.79. The van der Waals surface area contributed by atoms with Crippen molar-refractivity contribution in [3.63, 3.8) is 0 Å². The van der Waals surface area contributed by atoms with Crippen molar-refractivity contribution in [3.8, 4) is 0 Å². The van der Waals surface area contributed by atoms with Crippen molar-refractivity contribution in [2.75, 3.05) is 26.2 Å². The highest BCUT2D eigenvalue weighted by molar-refractivity contribution is 9.10. The number of benzene rings is 1. The lowest BCUT2D eigenvalue weighted by Gasteiger charge is -2.34. The summed E-state index contributed by atoms with van der Waals surface area (Å²) in [5, 5.41) is 0. The first-order valence-electron chi connectivity index (χ1n) is 6.99. The van der Waals surface area contributed by atoms with Crippen molar-refractivity contribution in [1.29, 1.82) is 0 Å². The van der Waals surface area contributed by atoms with E-state index in [1.807, 2.05) is 19.1 Å². The average molecular weight is 359 g/mol. The molecule has 1 aromatic carbocycles. The number of halogens is 1. The molecule has 1 aromatic rings. The summed E-state index contributed by atoms with van der Waals surface area (Å²) in [5.74, 6) is 0. The molecule has 6 heteroatoms. The smallest absolute Gasteiger partial charge is 0.243 e. The Morgan fingerprint density at radius 1 is 1.15 bits per heavy atom. The average Bonchev–Trinajstić information content (AvgIpc) is 3.26. The van der Waals surface area contributed by atoms with Gasteiger partial charge in [-0.05, 0) is 37.5 Å². The van der Waals surface area contributed by atoms with Crippen LogP contribution in [0.5, 0.6) is 0 Å². The van der Waals surface area contributed by atoms with Gasteiger partial charge in [0.2, 0.25) is 10.0 Å². The van der Waals surface area contributed by atoms with Gasteiger partial charge in [-0.2, -0.15) is 4.31 Å². The van der Waals surface area contributed by atoms with E-state index in [9.17, 15) is 8.42 Å². The lowest BCUT2D eigenvalue weighted by Crippen LogP contribution is -2.49. The van der Waals surface area contributed by atoms with Crippen molar-refractivity contribution in [3.05, 3.63) is 28.2 Å². The summed E-state index contributed by atoms with van der Waals surface area (Å²) in [6, 6.07) is 6.14. The molecule has 0 N–H and O–H groups in total. The third-order valence-corrected chi connectivity index (χ3v) is 6.64. The second kappa shape index (κ2) is 5.40. The van der Waals surface area contributed by atoms with Gasteiger partial charge in [-0.25, -0.2) is 8.42 Å². The molecule has 1 aliphatic carbocycles. The van der Waals surface area contributed by atoms with Crippen LogP contribution >= 0.6 is 15.9 Å². The summed E-state index contributed by atoms with van der Waals surface area (Å²) < 4.78 is 27.9. The van der Waals surface area contributed by atoms with Gasteiger partial charge in [0.1, 0.15) is 0 Å². The molecular weight excluding hydrogens is 340 g/mol. The molecule has 2 aliphatic rings. The minimum atomic E-state index is -3.37. The van der Waals surface area contributed by atoms with Crippen LogP contribution in [0.2, 0.25) is 0 Å². The number of sulfonamides is 1. The molecule has 0 amide bonds. The van der Waals surface area contributed by atoms with Crippen molar-refractivity contribution in [2.24, 2.45) is 0 Å². The zero-order chi connectivity index (χ0) is 14.3. The molecular formula is C14H19BrN2O2S. The van der Waals surface area contributed by atoms with Crippen LogP contribution in [-0.2, 0) is 10.0 Å². The van der Waals surface area contributed by atoms with Gasteiger partial charge in [-0.1, -0.05) is 22.0 Å². The molecule has 3 rings (SSSR count). The Bertz CT molecular complexity index is 606. The van der Waals surface area contributed by atoms with Crippen molar-refractivity contribution < 1.29 is 8.42 Å². The fraction of sp³-hybridized carbons (Fsp3) is 0.571. The molecule has 0 bridgehead atoms. The maximum absolute atomic E-state index is 12.7. The highest BCUT2D eigenvalue weighted by atomic mass is 79.9. The van der Waals surface area contributed by atoms with Crippen LogP contribution in [0.4, 0.5) is 0 Å². The fourth-order valence-electron chi connectivity index (χ4n) is 2.74. The maximum atomic E-state index is 12.7. The van der Waals surface area contributed by atoms with Gasteiger partial charge in [0.25, 0.3) is 0 Å². The molecule has 4 nitrogen and oxygen atoms in total. The van der Waals surface area contributed by atoms with E-state index in [0.29, 0.717) is 24.0 Å². The number of hydrogen-bond acceptors (Lipinski definition) is 3. The summed E-state index contributed by atoms with van der Waals surface area (Å²) in [7, 11) is -3.37. The fourth-order valence-corrected chi connectivity index (χ4v) is 4.93. The van der Waals surface area contributed by atoms with Crippen LogP contribution < -0.4 is 0 Å². The molecule has 1 heterocycles. The van der Waals surface area contributed by atoms with E-state index >= 15 is 0 Å². The molecule has 0 aromatic heterocycles. The Balaban J connectivity index is 1.79. The van der Waals surface area contributed by atoms with Crippen LogP contribution in [0.25, 0.3) is 0 Å². The minimum absolute atomic E-state index is 0.423. The SMILES string of the molecule is Cc1ccc(Br)cc1S(=O)(=O)N1CCN(C2CC2)CC1. The second-order valence-corrected chi connectivity index (χ2v) is 8.40. The predicted molar refractivity (Wildman–Crippen MR) is 82.2 cm³/mol. The number of hydrogen-bond donors (Lipinski definition) is 0. The molecule has 2 fully saturated rings. The van der Waals surface area contributed by atoms with Crippen molar-refractivity contribution in [2.45, 2.75) is 30.7 Å². The molecule has 0 atom stereocenters. The first-order valence-corrected chi connectivity index (χ1v) is 9.22. The standard InChI is InChI=1S/C14H19BrN2O2S/c1-11-2-3-12(15)10-14(11)20(18,19)17-8-6-16(7-9-17)13-4-5-13/h2-3,10,13H,4-9H2,1H3. The predicted octanol–water partition coefficient (Wildman–Crippen LogP) is 2.23. The van der Waals surface area contributed by atoms with E-state index < -0.39 is 10.0 Å². The highest BCUT2D eigenvalue weighted by Gasteiger charge is 2.35. The van der Waals surface area contributed by atoms with Gasteiger partial charge in [-0.15, -0.1) is 0 Å². The van der Waals surface area contributed by atoms with E-state index in [1.54, 1.807) is 10.4 Å². The van der Waals surface area contributed by atoms with Crippen molar-refractivity contribution in [1.82, 2.24) is 9.21 Å². The Labute approximate surface area is 128 Å². The summed E-state index contributed by atoms with van der Waals surface area (Å²) in [4.78, 5) is 2.84. The first kappa shape index (κ1) is 14.5. The second-order valence-electron chi connectivity index (χ2n) is 5.58. The quantitative estimate of drug-likeness (QED) is 0.831. The van der Waals surface area contributed by atoms with Gasteiger partial charge in [0.15, 0.2) is 0 Å². The molecule has 0 spiro atoms. The maximum Gasteiger partial charge on any atom is 0.243 e. The van der Waals surface area contributed by atoms with Crippen molar-refractivity contribution >= 4 is 26.0 Å². The Morgan fingerprint density at radius 2 is 1.80 bits per heavy atom. The topological polar surface area (TPSA) is 40.6 Å². The summed E-state index contributed by atoms with van der Waals surface area (Å²) >= 11 is 3.36. The molecule has 1 aliphatic heterocycles. The van der Waals surface area contributed by atoms with Crippen LogP contribution in [0, 0.1) is 6.92 Å². The largest absolute Gasteiger partial charge is 0.298 e. The monoisotopic (exact) mass is 358 g/mol. The zero-order valence-corrected chi connectivity index (χ0v) is 14.0. The number of aryl methyl sites for hydroxylation is 1. The number of piperazine rings is 1. The normalized spacial score (nSPS) is 22.1. The highest BCUT2D eigenvalue weighted by Crippen LogP contribution is 2.29. The van der Waals surface area contributed by atoms with Crippen LogP contribution in [-0.4, -0.2) is 49.8 Å². The first-order chi connectivity index (χ1) is 9.48. The Kier molecular flexibility index (Phi) is 3.92. The Hall–Kier alpha value is -0.430. The summed E-state index contributed by atoms with van der Waals surface area (Å²) in [6.07, 6.45) is 2.55. The molecule has 0 radical (unpaired) electrons. The Morgan fingerprint density at radius 3 is 2.40 bits per heavy atom. The molecule has 20 heavy (non-hydrogen) atoms.